The average Bonchev–Trinajstić information content (AvgIpc) is 2.54. The summed E-state index contributed by atoms with van der Waals surface area (Å²) in [6, 6.07) is 5.39. The molecule has 1 atom stereocenters. The summed E-state index contributed by atoms with van der Waals surface area (Å²) < 4.78 is 59.6. The van der Waals surface area contributed by atoms with Crippen molar-refractivity contribution in [3.05, 3.63) is 35.4 Å². The van der Waals surface area contributed by atoms with Gasteiger partial charge >= 0.3 is 21.3 Å². The van der Waals surface area contributed by atoms with Crippen LogP contribution in [0.15, 0.2) is 24.3 Å². The van der Waals surface area contributed by atoms with Gasteiger partial charge < -0.3 is 14.9 Å². The van der Waals surface area contributed by atoms with Crippen LogP contribution < -0.4 is 0 Å². The van der Waals surface area contributed by atoms with Crippen molar-refractivity contribution in [3.8, 4) is 0 Å². The van der Waals surface area contributed by atoms with E-state index in [1.165, 1.54) is 24.3 Å². The van der Waals surface area contributed by atoms with E-state index in [0.29, 0.717) is 24.8 Å². The lowest BCUT2D eigenvalue weighted by Crippen LogP contribution is -2.43. The Bertz CT molecular complexity index is 697. The lowest BCUT2D eigenvalue weighted by Gasteiger charge is -2.25. The number of alkyl halides is 2. The molecular formula is C15H20F2O7S. The van der Waals surface area contributed by atoms with E-state index in [0.717, 1.165) is 0 Å². The molecule has 1 aromatic rings. The third-order valence-corrected chi connectivity index (χ3v) is 4.78. The number of esters is 1. The molecule has 0 aromatic heterocycles. The van der Waals surface area contributed by atoms with Gasteiger partial charge in [-0.1, -0.05) is 26.0 Å². The minimum atomic E-state index is -5.95. The quantitative estimate of drug-likeness (QED) is 0.356. The second-order valence-electron chi connectivity index (χ2n) is 5.60. The summed E-state index contributed by atoms with van der Waals surface area (Å²) in [4.78, 5) is 11.7. The number of benzene rings is 1. The molecule has 25 heavy (non-hydrogen) atoms. The van der Waals surface area contributed by atoms with Gasteiger partial charge in [0.2, 0.25) is 0 Å². The van der Waals surface area contributed by atoms with Gasteiger partial charge in [-0.3, -0.25) is 4.55 Å². The Morgan fingerprint density at radius 3 is 2.08 bits per heavy atom. The minimum absolute atomic E-state index is 0.217. The predicted octanol–water partition coefficient (Wildman–Crippen LogP) is 1.74. The zero-order valence-electron chi connectivity index (χ0n) is 13.6. The fraction of sp³-hybridized carbons (Fsp3) is 0.533. The summed E-state index contributed by atoms with van der Waals surface area (Å²) >= 11 is 0. The molecule has 0 saturated heterocycles. The summed E-state index contributed by atoms with van der Waals surface area (Å²) in [7, 11) is -5.95. The molecule has 10 heteroatoms. The lowest BCUT2D eigenvalue weighted by molar-refractivity contribution is -0.168. The summed E-state index contributed by atoms with van der Waals surface area (Å²) in [6.07, 6.45) is -2.01. The van der Waals surface area contributed by atoms with Crippen molar-refractivity contribution < 1.29 is 41.5 Å². The third-order valence-electron chi connectivity index (χ3n) is 3.89. The molecule has 0 aliphatic carbocycles. The monoisotopic (exact) mass is 382 g/mol. The van der Waals surface area contributed by atoms with E-state index in [4.69, 9.17) is 9.66 Å². The van der Waals surface area contributed by atoms with E-state index in [1.807, 2.05) is 13.8 Å². The molecule has 0 saturated carbocycles. The van der Waals surface area contributed by atoms with Crippen LogP contribution in [0.2, 0.25) is 0 Å². The second kappa shape index (κ2) is 7.73. The van der Waals surface area contributed by atoms with Gasteiger partial charge in [-0.25, -0.2) is 4.79 Å². The maximum Gasteiger partial charge on any atom is 0.430 e. The number of hydrogen-bond donors (Lipinski definition) is 3. The van der Waals surface area contributed by atoms with Crippen LogP contribution in [0.3, 0.4) is 0 Å². The summed E-state index contributed by atoms with van der Waals surface area (Å²) in [6.45, 7) is 3.65. The summed E-state index contributed by atoms with van der Waals surface area (Å²) in [5.74, 6) is -1.40. The standard InChI is InChI=1S/C15H20F2O7S/c1-3-14(20,4-2)9-10-5-7-11(8-6-10)12(18)24-13(19)15(16,17)25(21,22)23/h5-8,13,19-20H,3-4,9H2,1-2H3,(H,21,22,23). The normalized spacial score (nSPS) is 14.2. The molecule has 0 heterocycles. The minimum Gasteiger partial charge on any atom is -0.424 e. The highest BCUT2D eigenvalue weighted by molar-refractivity contribution is 7.86. The number of rotatable bonds is 8. The van der Waals surface area contributed by atoms with Gasteiger partial charge in [0.25, 0.3) is 6.29 Å². The smallest absolute Gasteiger partial charge is 0.424 e. The van der Waals surface area contributed by atoms with Crippen LogP contribution in [-0.2, 0) is 21.3 Å². The maximum atomic E-state index is 13.1. The van der Waals surface area contributed by atoms with Crippen LogP contribution in [0.1, 0.15) is 42.6 Å². The van der Waals surface area contributed by atoms with Gasteiger partial charge in [-0.05, 0) is 30.5 Å². The van der Waals surface area contributed by atoms with Gasteiger partial charge in [0.1, 0.15) is 0 Å². The molecule has 0 spiro atoms. The Hall–Kier alpha value is -1.62. The van der Waals surface area contributed by atoms with Crippen molar-refractivity contribution in [2.45, 2.75) is 50.3 Å². The molecule has 1 rings (SSSR count). The van der Waals surface area contributed by atoms with Gasteiger partial charge in [0, 0.05) is 6.42 Å². The Morgan fingerprint density at radius 1 is 1.20 bits per heavy atom. The van der Waals surface area contributed by atoms with E-state index < -0.39 is 33.2 Å². The van der Waals surface area contributed by atoms with Crippen molar-refractivity contribution in [1.29, 1.82) is 0 Å². The molecule has 142 valence electrons. The number of aliphatic hydroxyl groups is 2. The van der Waals surface area contributed by atoms with Gasteiger partial charge in [-0.2, -0.15) is 17.2 Å². The van der Waals surface area contributed by atoms with E-state index in [9.17, 15) is 27.1 Å². The number of carbonyl (C=O) groups is 1. The third kappa shape index (κ3) is 5.18. The van der Waals surface area contributed by atoms with Crippen LogP contribution in [0.25, 0.3) is 0 Å². The molecule has 0 aliphatic heterocycles. The first-order valence-electron chi connectivity index (χ1n) is 7.41. The highest BCUT2D eigenvalue weighted by Gasteiger charge is 2.54. The molecule has 7 nitrogen and oxygen atoms in total. The van der Waals surface area contributed by atoms with Crippen molar-refractivity contribution in [2.24, 2.45) is 0 Å². The lowest BCUT2D eigenvalue weighted by atomic mass is 9.89. The highest BCUT2D eigenvalue weighted by Crippen LogP contribution is 2.26. The first-order valence-corrected chi connectivity index (χ1v) is 8.85. The fourth-order valence-electron chi connectivity index (χ4n) is 2.00. The van der Waals surface area contributed by atoms with Crippen molar-refractivity contribution in [1.82, 2.24) is 0 Å². The Morgan fingerprint density at radius 2 is 1.68 bits per heavy atom. The fourth-order valence-corrected chi connectivity index (χ4v) is 2.31. The van der Waals surface area contributed by atoms with Gasteiger partial charge in [0.05, 0.1) is 11.2 Å². The molecule has 0 fully saturated rings. The number of halogens is 2. The Balaban J connectivity index is 2.85. The summed E-state index contributed by atoms with van der Waals surface area (Å²) in [5, 5.41) is 14.3. The molecule has 1 unspecified atom stereocenters. The molecule has 0 amide bonds. The first-order chi connectivity index (χ1) is 11.4. The zero-order valence-corrected chi connectivity index (χ0v) is 14.5. The second-order valence-corrected chi connectivity index (χ2v) is 7.09. The van der Waals surface area contributed by atoms with E-state index >= 15 is 0 Å². The maximum absolute atomic E-state index is 13.1. The molecule has 0 aliphatic rings. The Labute approximate surface area is 144 Å². The van der Waals surface area contributed by atoms with Crippen molar-refractivity contribution in [2.75, 3.05) is 0 Å². The molecular weight excluding hydrogens is 362 g/mol. The van der Waals surface area contributed by atoms with Crippen LogP contribution in [0, 0.1) is 0 Å². The van der Waals surface area contributed by atoms with Crippen LogP contribution in [0.4, 0.5) is 8.78 Å². The van der Waals surface area contributed by atoms with Crippen LogP contribution in [-0.4, -0.2) is 46.3 Å². The van der Waals surface area contributed by atoms with Crippen LogP contribution >= 0.6 is 0 Å². The summed E-state index contributed by atoms with van der Waals surface area (Å²) in [5.41, 5.74) is -0.438. The van der Waals surface area contributed by atoms with Gasteiger partial charge in [0.15, 0.2) is 0 Å². The first kappa shape index (κ1) is 21.4. The van der Waals surface area contributed by atoms with E-state index in [-0.39, 0.29) is 5.56 Å². The number of aliphatic hydroxyl groups excluding tert-OH is 1. The number of carbonyl (C=O) groups excluding carboxylic acids is 1. The number of ether oxygens (including phenoxy) is 1. The highest BCUT2D eigenvalue weighted by atomic mass is 32.2. The van der Waals surface area contributed by atoms with Crippen molar-refractivity contribution in [3.63, 3.8) is 0 Å². The molecule has 0 radical (unpaired) electrons. The largest absolute Gasteiger partial charge is 0.430 e. The van der Waals surface area contributed by atoms with E-state index in [2.05, 4.69) is 4.74 Å². The molecule has 1 aromatic carbocycles. The SMILES string of the molecule is CCC(O)(CC)Cc1ccc(C(=O)OC(O)C(F)(F)S(=O)(=O)O)cc1. The van der Waals surface area contributed by atoms with Gasteiger partial charge in [-0.15, -0.1) is 0 Å². The van der Waals surface area contributed by atoms with E-state index in [1.54, 1.807) is 0 Å². The topological polar surface area (TPSA) is 121 Å². The molecule has 3 N–H and O–H groups in total. The van der Waals surface area contributed by atoms with Crippen LogP contribution in [0.5, 0.6) is 0 Å². The predicted molar refractivity (Wildman–Crippen MR) is 83.6 cm³/mol. The Kier molecular flexibility index (Phi) is 6.62. The molecule has 0 bridgehead atoms. The average molecular weight is 382 g/mol. The van der Waals surface area contributed by atoms with Crippen molar-refractivity contribution >= 4 is 16.1 Å². The zero-order chi connectivity index (χ0) is 19.5. The number of hydrogen-bond acceptors (Lipinski definition) is 6.